The molecule has 1 fully saturated rings. The predicted octanol–water partition coefficient (Wildman–Crippen LogP) is 4.25. The molecule has 2 aromatic carbocycles. The highest BCUT2D eigenvalue weighted by molar-refractivity contribution is 5.53. The van der Waals surface area contributed by atoms with Crippen molar-refractivity contribution in [3.05, 3.63) is 65.2 Å². The highest BCUT2D eigenvalue weighted by atomic mass is 15.1. The summed E-state index contributed by atoms with van der Waals surface area (Å²) in [5, 5.41) is 9.02. The third-order valence-corrected chi connectivity index (χ3v) is 4.46. The van der Waals surface area contributed by atoms with E-state index in [2.05, 4.69) is 53.4 Å². The molecule has 21 heavy (non-hydrogen) atoms. The van der Waals surface area contributed by atoms with Crippen molar-refractivity contribution in [3.63, 3.8) is 0 Å². The summed E-state index contributed by atoms with van der Waals surface area (Å²) in [6, 6.07) is 19.2. The van der Waals surface area contributed by atoms with Gasteiger partial charge in [0.1, 0.15) is 0 Å². The quantitative estimate of drug-likeness (QED) is 0.820. The van der Waals surface area contributed by atoms with Gasteiger partial charge in [0.25, 0.3) is 0 Å². The molecule has 0 aromatic heterocycles. The molecular weight excluding hydrogens is 256 g/mol. The number of hydrogen-bond donors (Lipinski definition) is 0. The molecular formula is C19H20N2. The Balaban J connectivity index is 1.69. The van der Waals surface area contributed by atoms with Crippen molar-refractivity contribution in [2.24, 2.45) is 0 Å². The second-order valence-corrected chi connectivity index (χ2v) is 5.78. The van der Waals surface area contributed by atoms with Gasteiger partial charge in [-0.2, -0.15) is 5.26 Å². The molecule has 0 N–H and O–H groups in total. The van der Waals surface area contributed by atoms with Crippen molar-refractivity contribution in [1.29, 1.82) is 5.26 Å². The van der Waals surface area contributed by atoms with Crippen LogP contribution in [0.3, 0.4) is 0 Å². The predicted molar refractivity (Wildman–Crippen MR) is 86.5 cm³/mol. The van der Waals surface area contributed by atoms with Crippen LogP contribution in [0.5, 0.6) is 0 Å². The van der Waals surface area contributed by atoms with Crippen LogP contribution in [-0.4, -0.2) is 13.1 Å². The molecule has 0 atom stereocenters. The summed E-state index contributed by atoms with van der Waals surface area (Å²) in [5.74, 6) is 0.682. The lowest BCUT2D eigenvalue weighted by Gasteiger charge is -2.34. The number of nitrogens with zero attached hydrogens (tertiary/aromatic N) is 2. The Hall–Kier alpha value is -2.27. The van der Waals surface area contributed by atoms with Crippen molar-refractivity contribution >= 4 is 5.69 Å². The van der Waals surface area contributed by atoms with Crippen molar-refractivity contribution < 1.29 is 0 Å². The van der Waals surface area contributed by atoms with Crippen LogP contribution in [0.4, 0.5) is 5.69 Å². The van der Waals surface area contributed by atoms with Crippen molar-refractivity contribution in [1.82, 2.24) is 0 Å². The van der Waals surface area contributed by atoms with E-state index in [9.17, 15) is 0 Å². The molecule has 1 aliphatic heterocycles. The van der Waals surface area contributed by atoms with Crippen LogP contribution in [0.25, 0.3) is 0 Å². The number of aryl methyl sites for hydroxylation is 1. The van der Waals surface area contributed by atoms with E-state index < -0.39 is 0 Å². The Kier molecular flexibility index (Phi) is 3.92. The Morgan fingerprint density at radius 1 is 1.05 bits per heavy atom. The normalized spacial score (nSPS) is 15.7. The first kappa shape index (κ1) is 13.7. The standard InChI is InChI=1S/C19H20N2/c1-15-13-19(8-7-18(15)14-20)21-11-9-17(10-12-21)16-5-3-2-4-6-16/h2-8,13,17H,9-12H2,1H3. The van der Waals surface area contributed by atoms with Gasteiger partial charge < -0.3 is 4.90 Å². The zero-order valence-electron chi connectivity index (χ0n) is 12.4. The van der Waals surface area contributed by atoms with Gasteiger partial charge in [0, 0.05) is 18.8 Å². The van der Waals surface area contributed by atoms with E-state index in [1.54, 1.807) is 0 Å². The maximum absolute atomic E-state index is 9.02. The first-order valence-corrected chi connectivity index (χ1v) is 7.58. The lowest BCUT2D eigenvalue weighted by Crippen LogP contribution is -2.32. The van der Waals surface area contributed by atoms with E-state index in [4.69, 9.17) is 5.26 Å². The van der Waals surface area contributed by atoms with Crippen LogP contribution in [0, 0.1) is 18.3 Å². The number of anilines is 1. The maximum Gasteiger partial charge on any atom is 0.0994 e. The Bertz CT molecular complexity index is 647. The minimum Gasteiger partial charge on any atom is -0.371 e. The van der Waals surface area contributed by atoms with Crippen molar-refractivity contribution in [2.75, 3.05) is 18.0 Å². The highest BCUT2D eigenvalue weighted by Crippen LogP contribution is 2.30. The SMILES string of the molecule is Cc1cc(N2CCC(c3ccccc3)CC2)ccc1C#N. The van der Waals surface area contributed by atoms with E-state index in [-0.39, 0.29) is 0 Å². The van der Waals surface area contributed by atoms with Crippen LogP contribution in [0.15, 0.2) is 48.5 Å². The molecule has 0 spiro atoms. The van der Waals surface area contributed by atoms with Crippen LogP contribution in [0.1, 0.15) is 35.4 Å². The fraction of sp³-hybridized carbons (Fsp3) is 0.316. The topological polar surface area (TPSA) is 27.0 Å². The van der Waals surface area contributed by atoms with Gasteiger partial charge in [-0.15, -0.1) is 0 Å². The molecule has 2 nitrogen and oxygen atoms in total. The molecule has 1 aliphatic rings. The summed E-state index contributed by atoms with van der Waals surface area (Å²) in [6.45, 7) is 4.19. The molecule has 0 bridgehead atoms. The molecule has 0 radical (unpaired) electrons. The fourth-order valence-electron chi connectivity index (χ4n) is 3.17. The summed E-state index contributed by atoms with van der Waals surface area (Å²) in [7, 11) is 0. The second-order valence-electron chi connectivity index (χ2n) is 5.78. The van der Waals surface area contributed by atoms with E-state index in [1.807, 2.05) is 13.0 Å². The zero-order valence-corrected chi connectivity index (χ0v) is 12.4. The molecule has 0 amide bonds. The molecule has 106 valence electrons. The van der Waals surface area contributed by atoms with Gasteiger partial charge in [0.2, 0.25) is 0 Å². The van der Waals surface area contributed by atoms with Gasteiger partial charge >= 0.3 is 0 Å². The average Bonchev–Trinajstić information content (AvgIpc) is 2.56. The summed E-state index contributed by atoms with van der Waals surface area (Å²) in [5.41, 5.74) is 4.56. The Labute approximate surface area is 126 Å². The molecule has 0 saturated carbocycles. The molecule has 1 heterocycles. The summed E-state index contributed by atoms with van der Waals surface area (Å²) >= 11 is 0. The average molecular weight is 276 g/mol. The van der Waals surface area contributed by atoms with Crippen LogP contribution >= 0.6 is 0 Å². The van der Waals surface area contributed by atoms with Crippen molar-refractivity contribution in [2.45, 2.75) is 25.7 Å². The highest BCUT2D eigenvalue weighted by Gasteiger charge is 2.20. The first-order valence-electron chi connectivity index (χ1n) is 7.58. The lowest BCUT2D eigenvalue weighted by atomic mass is 9.89. The zero-order chi connectivity index (χ0) is 14.7. The minimum absolute atomic E-state index is 0.682. The monoisotopic (exact) mass is 276 g/mol. The molecule has 0 aliphatic carbocycles. The number of piperidine rings is 1. The van der Waals surface area contributed by atoms with Gasteiger partial charge in [-0.3, -0.25) is 0 Å². The number of rotatable bonds is 2. The third kappa shape index (κ3) is 2.92. The second kappa shape index (κ2) is 6.01. The molecule has 1 saturated heterocycles. The smallest absolute Gasteiger partial charge is 0.0994 e. The largest absolute Gasteiger partial charge is 0.371 e. The number of benzene rings is 2. The molecule has 3 rings (SSSR count). The van der Waals surface area contributed by atoms with E-state index >= 15 is 0 Å². The Morgan fingerprint density at radius 3 is 2.38 bits per heavy atom. The van der Waals surface area contributed by atoms with Crippen LogP contribution in [-0.2, 0) is 0 Å². The van der Waals surface area contributed by atoms with E-state index in [1.165, 1.54) is 24.1 Å². The first-order chi connectivity index (χ1) is 10.3. The maximum atomic E-state index is 9.02. The summed E-state index contributed by atoms with van der Waals surface area (Å²) in [4.78, 5) is 2.44. The van der Waals surface area contributed by atoms with Gasteiger partial charge in [-0.1, -0.05) is 30.3 Å². The summed E-state index contributed by atoms with van der Waals surface area (Å²) < 4.78 is 0. The lowest BCUT2D eigenvalue weighted by molar-refractivity contribution is 0.505. The third-order valence-electron chi connectivity index (χ3n) is 4.46. The minimum atomic E-state index is 0.682. The number of nitriles is 1. The summed E-state index contributed by atoms with van der Waals surface area (Å²) in [6.07, 6.45) is 2.39. The molecule has 2 heteroatoms. The van der Waals surface area contributed by atoms with Crippen LogP contribution < -0.4 is 4.90 Å². The van der Waals surface area contributed by atoms with Gasteiger partial charge in [0.15, 0.2) is 0 Å². The van der Waals surface area contributed by atoms with Crippen molar-refractivity contribution in [3.8, 4) is 6.07 Å². The molecule has 0 unspecified atom stereocenters. The van der Waals surface area contributed by atoms with E-state index in [0.29, 0.717) is 5.92 Å². The van der Waals surface area contributed by atoms with Crippen LogP contribution in [0.2, 0.25) is 0 Å². The van der Waals surface area contributed by atoms with E-state index in [0.717, 1.165) is 24.2 Å². The molecule has 2 aromatic rings. The van der Waals surface area contributed by atoms with Gasteiger partial charge in [-0.25, -0.2) is 0 Å². The van der Waals surface area contributed by atoms with Gasteiger partial charge in [-0.05, 0) is 55.0 Å². The Morgan fingerprint density at radius 2 is 1.76 bits per heavy atom. The number of hydrogen-bond acceptors (Lipinski definition) is 2. The van der Waals surface area contributed by atoms with Gasteiger partial charge in [0.05, 0.1) is 11.6 Å². The fourth-order valence-corrected chi connectivity index (χ4v) is 3.17.